The summed E-state index contributed by atoms with van der Waals surface area (Å²) in [7, 11) is 0. The number of para-hydroxylation sites is 2. The number of nitriles is 1. The second-order valence-electron chi connectivity index (χ2n) is 4.53. The third kappa shape index (κ3) is 2.84. The molecule has 0 saturated heterocycles. The number of aromatic amines is 1. The van der Waals surface area contributed by atoms with Gasteiger partial charge in [-0.3, -0.25) is 0 Å². The number of hydrogen-bond acceptors (Lipinski definition) is 6. The molecule has 1 aromatic carbocycles. The van der Waals surface area contributed by atoms with Crippen molar-refractivity contribution in [3.63, 3.8) is 0 Å². The van der Waals surface area contributed by atoms with Gasteiger partial charge in [0.1, 0.15) is 21.7 Å². The Labute approximate surface area is 135 Å². The highest BCUT2D eigenvalue weighted by molar-refractivity contribution is 8.01. The second kappa shape index (κ2) is 6.22. The van der Waals surface area contributed by atoms with Gasteiger partial charge in [-0.1, -0.05) is 23.9 Å². The van der Waals surface area contributed by atoms with E-state index in [0.29, 0.717) is 5.82 Å². The Morgan fingerprint density at radius 3 is 2.95 bits per heavy atom. The number of allylic oxidation sites excluding steroid dienone is 1. The van der Waals surface area contributed by atoms with Crippen LogP contribution in [0.4, 0.5) is 0 Å². The van der Waals surface area contributed by atoms with Gasteiger partial charge in [0.2, 0.25) is 0 Å². The van der Waals surface area contributed by atoms with Gasteiger partial charge in [-0.05, 0) is 19.1 Å². The molecule has 0 aliphatic carbocycles. The second-order valence-corrected chi connectivity index (χ2v) is 7.02. The van der Waals surface area contributed by atoms with Gasteiger partial charge in [-0.25, -0.2) is 9.97 Å². The molecular formula is C15H12N4OS2. The summed E-state index contributed by atoms with van der Waals surface area (Å²) in [5.41, 5.74) is 1.75. The van der Waals surface area contributed by atoms with Crippen LogP contribution in [0.1, 0.15) is 12.7 Å². The number of H-pyrrole nitrogens is 1. The number of nitrogens with one attached hydrogen (secondary N) is 1. The Kier molecular flexibility index (Phi) is 4.13. The average Bonchev–Trinajstić information content (AvgIpc) is 3.16. The monoisotopic (exact) mass is 328 g/mol. The summed E-state index contributed by atoms with van der Waals surface area (Å²) < 4.78 is 0.848. The summed E-state index contributed by atoms with van der Waals surface area (Å²) in [5.74, 6) is 0.384. The third-order valence-electron chi connectivity index (χ3n) is 3.07. The number of nitrogens with zero attached hydrogens (tertiary/aromatic N) is 3. The number of hydrogen-bond donors (Lipinski definition) is 2. The highest BCUT2D eigenvalue weighted by Gasteiger charge is 2.19. The zero-order valence-corrected chi connectivity index (χ0v) is 13.3. The van der Waals surface area contributed by atoms with Crippen molar-refractivity contribution in [2.75, 3.05) is 0 Å². The van der Waals surface area contributed by atoms with Gasteiger partial charge in [0.05, 0.1) is 16.3 Å². The van der Waals surface area contributed by atoms with Crippen LogP contribution in [0.15, 0.2) is 45.9 Å². The van der Waals surface area contributed by atoms with Gasteiger partial charge in [-0.15, -0.1) is 11.3 Å². The van der Waals surface area contributed by atoms with Crippen molar-refractivity contribution in [2.45, 2.75) is 16.5 Å². The molecular weight excluding hydrogens is 316 g/mol. The van der Waals surface area contributed by atoms with Crippen LogP contribution in [0.5, 0.6) is 0 Å². The molecule has 0 aliphatic heterocycles. The summed E-state index contributed by atoms with van der Waals surface area (Å²) >= 11 is 2.91. The first-order chi connectivity index (χ1) is 10.7. The molecule has 2 N–H and O–H groups in total. The number of aliphatic hydroxyl groups excluding tert-OH is 1. The van der Waals surface area contributed by atoms with E-state index in [1.165, 1.54) is 23.1 Å². The first-order valence-corrected chi connectivity index (χ1v) is 8.29. The minimum Gasteiger partial charge on any atom is -0.510 e. The minimum absolute atomic E-state index is 0.00163. The van der Waals surface area contributed by atoms with Gasteiger partial charge in [-0.2, -0.15) is 5.26 Å². The lowest BCUT2D eigenvalue weighted by Gasteiger charge is -2.09. The van der Waals surface area contributed by atoms with Crippen LogP contribution in [0.2, 0.25) is 0 Å². The Balaban J connectivity index is 1.95. The largest absolute Gasteiger partial charge is 0.510 e. The van der Waals surface area contributed by atoms with E-state index in [-0.39, 0.29) is 16.6 Å². The van der Waals surface area contributed by atoms with E-state index in [9.17, 15) is 10.4 Å². The molecule has 110 valence electrons. The van der Waals surface area contributed by atoms with Crippen LogP contribution in [-0.2, 0) is 0 Å². The van der Waals surface area contributed by atoms with Gasteiger partial charge in [0.15, 0.2) is 5.82 Å². The maximum absolute atomic E-state index is 10.4. The molecule has 0 fully saturated rings. The molecule has 0 bridgehead atoms. The number of aliphatic hydroxyl groups is 1. The summed E-state index contributed by atoms with van der Waals surface area (Å²) in [6.45, 7) is 1.83. The summed E-state index contributed by atoms with van der Waals surface area (Å²) in [6.07, 6.45) is 1.71. The van der Waals surface area contributed by atoms with Crippen molar-refractivity contribution in [3.05, 3.63) is 47.4 Å². The zero-order valence-electron chi connectivity index (χ0n) is 11.6. The van der Waals surface area contributed by atoms with E-state index in [2.05, 4.69) is 15.0 Å². The highest BCUT2D eigenvalue weighted by Crippen LogP contribution is 2.31. The number of thioether (sulfide) groups is 1. The van der Waals surface area contributed by atoms with E-state index < -0.39 is 0 Å². The van der Waals surface area contributed by atoms with Crippen LogP contribution >= 0.6 is 23.1 Å². The van der Waals surface area contributed by atoms with Crippen molar-refractivity contribution in [2.24, 2.45) is 0 Å². The molecule has 1 atom stereocenters. The number of rotatable bonds is 4. The Morgan fingerprint density at radius 2 is 2.27 bits per heavy atom. The Hall–Kier alpha value is -2.30. The van der Waals surface area contributed by atoms with Crippen molar-refractivity contribution in [3.8, 4) is 6.07 Å². The lowest BCUT2D eigenvalue weighted by molar-refractivity contribution is 0.402. The van der Waals surface area contributed by atoms with Crippen LogP contribution in [0, 0.1) is 11.3 Å². The molecule has 5 nitrogen and oxygen atoms in total. The molecule has 0 amide bonds. The van der Waals surface area contributed by atoms with Crippen LogP contribution in [0.3, 0.4) is 0 Å². The third-order valence-corrected chi connectivity index (χ3v) is 5.09. The van der Waals surface area contributed by atoms with Gasteiger partial charge in [0.25, 0.3) is 0 Å². The van der Waals surface area contributed by atoms with Gasteiger partial charge >= 0.3 is 0 Å². The first-order valence-electron chi connectivity index (χ1n) is 6.53. The Bertz CT molecular complexity index is 828. The summed E-state index contributed by atoms with van der Waals surface area (Å²) in [5, 5.41) is 21.4. The standard InChI is InChI=1S/C15H12N4OS2/c1-9(22-15-17-6-7-21-15)13(20)10(8-16)14-18-11-4-2-3-5-12(11)19-14/h2-7,9,20H,1H3,(H,18,19)/t9-/m1/s1. The number of imidazole rings is 1. The number of fused-ring (bicyclic) bond motifs is 1. The number of aromatic nitrogens is 3. The summed E-state index contributed by atoms with van der Waals surface area (Å²) in [6, 6.07) is 9.55. The Morgan fingerprint density at radius 1 is 1.45 bits per heavy atom. The predicted molar refractivity (Wildman–Crippen MR) is 88.7 cm³/mol. The molecule has 0 aliphatic rings. The molecule has 7 heteroatoms. The SMILES string of the molecule is C[C@@H](Sc1nccs1)C(O)=C(C#N)c1nc2ccccc2[nH]1. The van der Waals surface area contributed by atoms with E-state index in [1.807, 2.05) is 42.6 Å². The fraction of sp³-hybridized carbons (Fsp3) is 0.133. The first kappa shape index (κ1) is 14.6. The lowest BCUT2D eigenvalue weighted by Crippen LogP contribution is -2.04. The van der Waals surface area contributed by atoms with E-state index in [0.717, 1.165) is 15.4 Å². The molecule has 3 rings (SSSR count). The maximum Gasteiger partial charge on any atom is 0.152 e. The molecule has 3 aromatic rings. The topological polar surface area (TPSA) is 85.6 Å². The lowest BCUT2D eigenvalue weighted by atomic mass is 10.2. The van der Waals surface area contributed by atoms with Crippen molar-refractivity contribution >= 4 is 39.7 Å². The highest BCUT2D eigenvalue weighted by atomic mass is 32.2. The van der Waals surface area contributed by atoms with Crippen LogP contribution < -0.4 is 0 Å². The van der Waals surface area contributed by atoms with Crippen molar-refractivity contribution in [1.82, 2.24) is 15.0 Å². The molecule has 0 spiro atoms. The van der Waals surface area contributed by atoms with Crippen molar-refractivity contribution in [1.29, 1.82) is 5.26 Å². The number of benzene rings is 1. The number of thiazole rings is 1. The van der Waals surface area contributed by atoms with E-state index in [1.54, 1.807) is 6.20 Å². The maximum atomic E-state index is 10.4. The molecule has 0 radical (unpaired) electrons. The van der Waals surface area contributed by atoms with E-state index in [4.69, 9.17) is 0 Å². The van der Waals surface area contributed by atoms with Crippen LogP contribution in [-0.4, -0.2) is 25.3 Å². The average molecular weight is 328 g/mol. The smallest absolute Gasteiger partial charge is 0.152 e. The van der Waals surface area contributed by atoms with Crippen LogP contribution in [0.25, 0.3) is 16.6 Å². The fourth-order valence-corrected chi connectivity index (χ4v) is 3.82. The molecule has 22 heavy (non-hydrogen) atoms. The minimum atomic E-state index is -0.283. The van der Waals surface area contributed by atoms with Crippen molar-refractivity contribution < 1.29 is 5.11 Å². The van der Waals surface area contributed by atoms with Gasteiger partial charge < -0.3 is 10.1 Å². The van der Waals surface area contributed by atoms with E-state index >= 15 is 0 Å². The molecule has 2 heterocycles. The van der Waals surface area contributed by atoms with Gasteiger partial charge in [0, 0.05) is 11.6 Å². The fourth-order valence-electron chi connectivity index (χ4n) is 1.98. The summed E-state index contributed by atoms with van der Waals surface area (Å²) in [4.78, 5) is 11.6. The zero-order chi connectivity index (χ0) is 15.5. The molecule has 0 unspecified atom stereocenters. The normalized spacial score (nSPS) is 13.6. The molecule has 0 saturated carbocycles. The molecule has 2 aromatic heterocycles. The predicted octanol–water partition coefficient (Wildman–Crippen LogP) is 3.99. The quantitative estimate of drug-likeness (QED) is 0.429.